The molecule has 520 valence electrons. The average molecular weight is 1250 g/mol. The van der Waals surface area contributed by atoms with Crippen molar-refractivity contribution in [2.24, 2.45) is 0 Å². The van der Waals surface area contributed by atoms with Gasteiger partial charge in [-0.25, -0.2) is 0 Å². The number of aliphatic hydroxyl groups excluding tert-OH is 8. The Hall–Kier alpha value is -1.53. The van der Waals surface area contributed by atoms with E-state index in [1.165, 1.54) is 283 Å². The van der Waals surface area contributed by atoms with E-state index >= 15 is 0 Å². The van der Waals surface area contributed by atoms with Crippen LogP contribution in [0, 0.1) is 0 Å². The van der Waals surface area contributed by atoms with Crippen LogP contribution in [0.4, 0.5) is 0 Å². The number of allylic oxidation sites excluding steroid dienone is 3. The Bertz CT molecular complexity index is 1570. The lowest BCUT2D eigenvalue weighted by Gasteiger charge is -2.46. The molecule has 12 unspecified atom stereocenters. The number of carbonyl (C=O) groups excluding carboxylic acids is 1. The number of ether oxygens (including phenoxy) is 4. The van der Waals surface area contributed by atoms with Gasteiger partial charge in [-0.2, -0.15) is 0 Å². The summed E-state index contributed by atoms with van der Waals surface area (Å²) in [5.74, 6) is -0.236. The van der Waals surface area contributed by atoms with Gasteiger partial charge >= 0.3 is 0 Å². The van der Waals surface area contributed by atoms with Crippen LogP contribution < -0.4 is 5.32 Å². The molecule has 0 aliphatic carbocycles. The molecule has 0 aromatic carbocycles. The Balaban J connectivity index is 1.64. The van der Waals surface area contributed by atoms with E-state index in [-0.39, 0.29) is 18.9 Å². The Morgan fingerprint density at radius 3 is 1.08 bits per heavy atom. The van der Waals surface area contributed by atoms with Gasteiger partial charge in [-0.15, -0.1) is 0 Å². The maximum atomic E-state index is 13.3. The number of hydrogen-bond donors (Lipinski definition) is 9. The van der Waals surface area contributed by atoms with Crippen LogP contribution >= 0.6 is 0 Å². The van der Waals surface area contributed by atoms with E-state index in [1.54, 1.807) is 6.08 Å². The molecule has 2 saturated heterocycles. The zero-order valence-electron chi connectivity index (χ0n) is 56.7. The van der Waals surface area contributed by atoms with Gasteiger partial charge in [0.2, 0.25) is 5.91 Å². The van der Waals surface area contributed by atoms with Crippen molar-refractivity contribution in [3.05, 3.63) is 24.3 Å². The van der Waals surface area contributed by atoms with Crippen molar-refractivity contribution in [1.82, 2.24) is 5.32 Å². The average Bonchev–Trinajstić information content (AvgIpc) is 2.01. The molecule has 2 rings (SSSR count). The quantitative estimate of drug-likeness (QED) is 0.0204. The lowest BCUT2D eigenvalue weighted by atomic mass is 9.97. The van der Waals surface area contributed by atoms with Crippen molar-refractivity contribution in [3.63, 3.8) is 0 Å². The Kier molecular flexibility index (Phi) is 55.6. The van der Waals surface area contributed by atoms with Crippen molar-refractivity contribution in [2.45, 2.75) is 421 Å². The molecule has 14 heteroatoms. The van der Waals surface area contributed by atoms with E-state index in [4.69, 9.17) is 18.9 Å². The van der Waals surface area contributed by atoms with E-state index < -0.39 is 86.8 Å². The maximum Gasteiger partial charge on any atom is 0.220 e. The maximum absolute atomic E-state index is 13.3. The molecule has 1 amide bonds. The summed E-state index contributed by atoms with van der Waals surface area (Å²) < 4.78 is 22.9. The molecule has 0 spiro atoms. The van der Waals surface area contributed by atoms with Crippen LogP contribution in [0.3, 0.4) is 0 Å². The number of rotatable bonds is 63. The first-order valence-electron chi connectivity index (χ1n) is 37.6. The van der Waals surface area contributed by atoms with Gasteiger partial charge < -0.3 is 65.1 Å². The standard InChI is InChI=1S/C74H141NO13/c1-3-5-7-9-11-13-15-17-19-21-23-25-26-27-28-29-30-31-32-33-34-35-36-38-39-41-43-45-47-49-51-53-55-57-63(78)62(61-85-73-71(84)69(82)72(65(60-77)87-73)88-74-70(83)68(81)67(80)64(59-76)86-74)75-66(79)58-56-54-52-50-48-46-44-42-40-37-24-22-20-18-16-14-12-10-8-6-4-2/h22,24,55,57,62-65,67-74,76-78,80-84H,3-21,23,25-54,56,58-61H2,1-2H3,(H,75,79)/b24-22-,57-55+. The molecule has 0 radical (unpaired) electrons. The molecule has 2 aliphatic heterocycles. The van der Waals surface area contributed by atoms with Gasteiger partial charge in [-0.1, -0.05) is 321 Å². The highest BCUT2D eigenvalue weighted by Gasteiger charge is 2.51. The van der Waals surface area contributed by atoms with Gasteiger partial charge in [0.15, 0.2) is 12.6 Å². The Morgan fingerprint density at radius 1 is 0.398 bits per heavy atom. The van der Waals surface area contributed by atoms with Crippen LogP contribution in [0.25, 0.3) is 0 Å². The van der Waals surface area contributed by atoms with Crippen LogP contribution in [-0.2, 0) is 23.7 Å². The minimum Gasteiger partial charge on any atom is -0.394 e. The third-order valence-corrected chi connectivity index (χ3v) is 18.6. The summed E-state index contributed by atoms with van der Waals surface area (Å²) in [5, 5.41) is 87.5. The van der Waals surface area contributed by atoms with E-state index in [9.17, 15) is 45.6 Å². The second-order valence-electron chi connectivity index (χ2n) is 26.8. The predicted octanol–water partition coefficient (Wildman–Crippen LogP) is 15.9. The van der Waals surface area contributed by atoms with Crippen molar-refractivity contribution in [3.8, 4) is 0 Å². The van der Waals surface area contributed by atoms with Gasteiger partial charge in [-0.3, -0.25) is 4.79 Å². The molecule has 88 heavy (non-hydrogen) atoms. The van der Waals surface area contributed by atoms with Gasteiger partial charge in [0, 0.05) is 6.42 Å². The number of unbranched alkanes of at least 4 members (excludes halogenated alkanes) is 48. The zero-order chi connectivity index (χ0) is 63.8. The topological polar surface area (TPSA) is 228 Å². The number of carbonyl (C=O) groups is 1. The second-order valence-corrected chi connectivity index (χ2v) is 26.8. The fraction of sp³-hybridized carbons (Fsp3) is 0.932. The molecule has 2 heterocycles. The van der Waals surface area contributed by atoms with Crippen molar-refractivity contribution in [1.29, 1.82) is 0 Å². The normalized spacial score (nSPS) is 23.2. The number of amides is 1. The van der Waals surface area contributed by atoms with E-state index in [0.29, 0.717) is 6.42 Å². The highest BCUT2D eigenvalue weighted by molar-refractivity contribution is 5.76. The number of hydrogen-bond acceptors (Lipinski definition) is 13. The second kappa shape index (κ2) is 59.2. The van der Waals surface area contributed by atoms with Crippen LogP contribution in [0.15, 0.2) is 24.3 Å². The largest absolute Gasteiger partial charge is 0.394 e. The van der Waals surface area contributed by atoms with Crippen molar-refractivity contribution < 1.29 is 64.6 Å². The summed E-state index contributed by atoms with van der Waals surface area (Å²) in [7, 11) is 0. The SMILES string of the molecule is CCCCCCCCCC/C=C\CCCCCCCCCCCC(=O)NC(COC1OC(CO)C(OC2OC(CO)C(O)C(O)C2O)C(O)C1O)C(O)/C=C/CCCCCCCCCCCCCCCCCCCCCCCCCCCCCCCCC. The molecule has 0 aromatic rings. The van der Waals surface area contributed by atoms with Gasteiger partial charge in [-0.05, 0) is 44.9 Å². The van der Waals surface area contributed by atoms with Crippen LogP contribution in [0.5, 0.6) is 0 Å². The summed E-state index contributed by atoms with van der Waals surface area (Å²) in [5.41, 5.74) is 0. The number of nitrogens with one attached hydrogen (secondary N) is 1. The first-order chi connectivity index (χ1) is 43.1. The lowest BCUT2D eigenvalue weighted by Crippen LogP contribution is -2.65. The first kappa shape index (κ1) is 82.6. The minimum atomic E-state index is -1.79. The van der Waals surface area contributed by atoms with Gasteiger partial charge in [0.05, 0.1) is 32.0 Å². The van der Waals surface area contributed by atoms with E-state index in [2.05, 4.69) is 31.3 Å². The summed E-state index contributed by atoms with van der Waals surface area (Å²) in [6.07, 6.45) is 58.2. The molecule has 12 atom stereocenters. The Morgan fingerprint density at radius 2 is 0.716 bits per heavy atom. The highest BCUT2D eigenvalue weighted by atomic mass is 16.7. The molecule has 0 saturated carbocycles. The number of aliphatic hydroxyl groups is 8. The summed E-state index contributed by atoms with van der Waals surface area (Å²) in [4.78, 5) is 13.3. The smallest absolute Gasteiger partial charge is 0.220 e. The summed E-state index contributed by atoms with van der Waals surface area (Å²) >= 11 is 0. The fourth-order valence-corrected chi connectivity index (χ4v) is 12.6. The fourth-order valence-electron chi connectivity index (χ4n) is 12.6. The molecule has 2 aliphatic rings. The monoisotopic (exact) mass is 1250 g/mol. The lowest BCUT2D eigenvalue weighted by molar-refractivity contribution is -0.359. The van der Waals surface area contributed by atoms with Crippen molar-refractivity contribution in [2.75, 3.05) is 19.8 Å². The molecular formula is C74H141NO13. The summed E-state index contributed by atoms with van der Waals surface area (Å²) in [6, 6.07) is -0.916. The van der Waals surface area contributed by atoms with Crippen molar-refractivity contribution >= 4 is 5.91 Å². The molecule has 2 fully saturated rings. The zero-order valence-corrected chi connectivity index (χ0v) is 56.7. The van der Waals surface area contributed by atoms with Gasteiger partial charge in [0.1, 0.15) is 48.8 Å². The van der Waals surface area contributed by atoms with Gasteiger partial charge in [0.25, 0.3) is 0 Å². The molecule has 14 nitrogen and oxygen atoms in total. The predicted molar refractivity (Wildman–Crippen MR) is 360 cm³/mol. The van der Waals surface area contributed by atoms with Crippen LogP contribution in [-0.4, -0.2) is 140 Å². The van der Waals surface area contributed by atoms with E-state index in [0.717, 1.165) is 38.5 Å². The van der Waals surface area contributed by atoms with Crippen LogP contribution in [0.2, 0.25) is 0 Å². The van der Waals surface area contributed by atoms with E-state index in [1.807, 2.05) is 6.08 Å². The molecule has 0 aromatic heterocycles. The highest BCUT2D eigenvalue weighted by Crippen LogP contribution is 2.30. The van der Waals surface area contributed by atoms with Crippen LogP contribution in [0.1, 0.15) is 348 Å². The molecular weight excluding hydrogens is 1110 g/mol. The third kappa shape index (κ3) is 42.6. The third-order valence-electron chi connectivity index (χ3n) is 18.6. The first-order valence-corrected chi connectivity index (χ1v) is 37.6. The summed E-state index contributed by atoms with van der Waals surface area (Å²) in [6.45, 7) is 2.85. The Labute approximate surface area is 539 Å². The minimum absolute atomic E-state index is 0.236. The molecule has 9 N–H and O–H groups in total. The molecule has 0 bridgehead atoms.